The molecule has 1 saturated carbocycles. The van der Waals surface area contributed by atoms with Crippen LogP contribution in [-0.4, -0.2) is 6.61 Å². The van der Waals surface area contributed by atoms with Crippen LogP contribution in [0.15, 0.2) is 18.2 Å². The highest BCUT2D eigenvalue weighted by atomic mass is 19.1. The maximum Gasteiger partial charge on any atom is 0.123 e. The second kappa shape index (κ2) is 5.79. The summed E-state index contributed by atoms with van der Waals surface area (Å²) in [4.78, 5) is 0. The van der Waals surface area contributed by atoms with Gasteiger partial charge in [-0.15, -0.1) is 0 Å². The molecule has 0 radical (unpaired) electrons. The van der Waals surface area contributed by atoms with Crippen LogP contribution in [0.1, 0.15) is 36.8 Å². The van der Waals surface area contributed by atoms with E-state index in [0.717, 1.165) is 6.61 Å². The molecule has 0 aromatic heterocycles. The molecule has 0 bridgehead atoms. The Labute approximate surface area is 101 Å². The summed E-state index contributed by atoms with van der Waals surface area (Å²) in [6, 6.07) is 6.24. The Hall–Kier alpha value is -1.40. The Kier molecular flexibility index (Phi) is 4.11. The van der Waals surface area contributed by atoms with Crippen molar-refractivity contribution in [2.45, 2.75) is 32.3 Å². The SMILES string of the molecule is N#Cc1ccc(F)cc1COCC1CCCC1. The van der Waals surface area contributed by atoms with Crippen molar-refractivity contribution in [3.05, 3.63) is 35.1 Å². The second-order valence-corrected chi connectivity index (χ2v) is 4.58. The quantitative estimate of drug-likeness (QED) is 0.798. The van der Waals surface area contributed by atoms with Crippen molar-refractivity contribution in [3.8, 4) is 6.07 Å². The molecule has 1 fully saturated rings. The van der Waals surface area contributed by atoms with Gasteiger partial charge in [0.1, 0.15) is 5.82 Å². The summed E-state index contributed by atoms with van der Waals surface area (Å²) in [6.07, 6.45) is 5.04. The average Bonchev–Trinajstić information content (AvgIpc) is 2.82. The third-order valence-corrected chi connectivity index (χ3v) is 3.27. The van der Waals surface area contributed by atoms with E-state index < -0.39 is 0 Å². The van der Waals surface area contributed by atoms with E-state index in [2.05, 4.69) is 6.07 Å². The standard InChI is InChI=1S/C14H16FNO/c15-14-6-5-12(8-16)13(7-14)10-17-9-11-3-1-2-4-11/h5-7,11H,1-4,9-10H2. The molecule has 2 nitrogen and oxygen atoms in total. The molecule has 1 aliphatic rings. The summed E-state index contributed by atoms with van der Waals surface area (Å²) in [5.41, 5.74) is 1.14. The molecule has 0 saturated heterocycles. The van der Waals surface area contributed by atoms with E-state index >= 15 is 0 Å². The van der Waals surface area contributed by atoms with E-state index in [1.165, 1.54) is 43.9 Å². The van der Waals surface area contributed by atoms with E-state index in [9.17, 15) is 4.39 Å². The minimum Gasteiger partial charge on any atom is -0.376 e. The third kappa shape index (κ3) is 3.28. The Balaban J connectivity index is 1.89. The first kappa shape index (κ1) is 12.1. The Morgan fingerprint density at radius 3 is 2.82 bits per heavy atom. The second-order valence-electron chi connectivity index (χ2n) is 4.58. The lowest BCUT2D eigenvalue weighted by Crippen LogP contribution is -2.06. The number of halogens is 1. The van der Waals surface area contributed by atoms with Crippen molar-refractivity contribution in [2.24, 2.45) is 5.92 Å². The maximum atomic E-state index is 13.0. The number of hydrogen-bond acceptors (Lipinski definition) is 2. The third-order valence-electron chi connectivity index (χ3n) is 3.27. The van der Waals surface area contributed by atoms with E-state index in [4.69, 9.17) is 10.00 Å². The Bertz CT molecular complexity index is 419. The Morgan fingerprint density at radius 1 is 1.35 bits per heavy atom. The van der Waals surface area contributed by atoms with Gasteiger partial charge in [-0.25, -0.2) is 4.39 Å². The summed E-state index contributed by atoms with van der Waals surface area (Å²) >= 11 is 0. The molecular weight excluding hydrogens is 217 g/mol. The molecule has 0 amide bonds. The molecule has 0 atom stereocenters. The van der Waals surface area contributed by atoms with Crippen LogP contribution >= 0.6 is 0 Å². The van der Waals surface area contributed by atoms with Gasteiger partial charge >= 0.3 is 0 Å². The van der Waals surface area contributed by atoms with Crippen LogP contribution in [0.4, 0.5) is 4.39 Å². The van der Waals surface area contributed by atoms with Gasteiger partial charge in [0.25, 0.3) is 0 Å². The number of nitriles is 1. The van der Waals surface area contributed by atoms with Gasteiger partial charge in [0.05, 0.1) is 18.2 Å². The fourth-order valence-corrected chi connectivity index (χ4v) is 2.30. The highest BCUT2D eigenvalue weighted by molar-refractivity contribution is 5.37. The van der Waals surface area contributed by atoms with E-state index in [0.29, 0.717) is 23.7 Å². The summed E-state index contributed by atoms with van der Waals surface area (Å²) in [5.74, 6) is 0.331. The molecule has 17 heavy (non-hydrogen) atoms. The normalized spacial score (nSPS) is 16.0. The molecule has 0 spiro atoms. The van der Waals surface area contributed by atoms with Crippen molar-refractivity contribution >= 4 is 0 Å². The molecule has 0 unspecified atom stereocenters. The van der Waals surface area contributed by atoms with Crippen LogP contribution < -0.4 is 0 Å². The highest BCUT2D eigenvalue weighted by Crippen LogP contribution is 2.25. The van der Waals surface area contributed by atoms with Crippen molar-refractivity contribution < 1.29 is 9.13 Å². The molecule has 1 aromatic carbocycles. The fourth-order valence-electron chi connectivity index (χ4n) is 2.30. The van der Waals surface area contributed by atoms with E-state index in [1.807, 2.05) is 0 Å². The molecule has 90 valence electrons. The molecule has 1 aromatic rings. The van der Waals surface area contributed by atoms with Crippen LogP contribution in [0, 0.1) is 23.1 Å². The monoisotopic (exact) mass is 233 g/mol. The van der Waals surface area contributed by atoms with Gasteiger partial charge in [-0.3, -0.25) is 0 Å². The van der Waals surface area contributed by atoms with Gasteiger partial charge in [-0.1, -0.05) is 12.8 Å². The molecular formula is C14H16FNO. The fraction of sp³-hybridized carbons (Fsp3) is 0.500. The summed E-state index contributed by atoms with van der Waals surface area (Å²) in [5, 5.41) is 8.89. The van der Waals surface area contributed by atoms with Gasteiger partial charge in [0, 0.05) is 6.61 Å². The molecule has 3 heteroatoms. The van der Waals surface area contributed by atoms with Crippen LogP contribution in [0.25, 0.3) is 0 Å². The summed E-state index contributed by atoms with van der Waals surface area (Å²) in [6.45, 7) is 1.05. The van der Waals surface area contributed by atoms with Gasteiger partial charge in [-0.05, 0) is 42.5 Å². The maximum absolute atomic E-state index is 13.0. The van der Waals surface area contributed by atoms with Crippen LogP contribution in [0.5, 0.6) is 0 Å². The zero-order valence-corrected chi connectivity index (χ0v) is 9.79. The number of hydrogen-bond donors (Lipinski definition) is 0. The zero-order chi connectivity index (χ0) is 12.1. The first-order chi connectivity index (χ1) is 8.29. The Morgan fingerprint density at radius 2 is 2.12 bits per heavy atom. The van der Waals surface area contributed by atoms with Gasteiger partial charge in [-0.2, -0.15) is 5.26 Å². The lowest BCUT2D eigenvalue weighted by molar-refractivity contribution is 0.0886. The predicted octanol–water partition coefficient (Wildman–Crippen LogP) is 3.40. The first-order valence-electron chi connectivity index (χ1n) is 6.06. The van der Waals surface area contributed by atoms with Crippen molar-refractivity contribution in [1.29, 1.82) is 5.26 Å². The van der Waals surface area contributed by atoms with Crippen LogP contribution in [0.3, 0.4) is 0 Å². The topological polar surface area (TPSA) is 33.0 Å². The molecule has 1 aliphatic carbocycles. The molecule has 0 heterocycles. The number of rotatable bonds is 4. The van der Waals surface area contributed by atoms with Crippen molar-refractivity contribution in [3.63, 3.8) is 0 Å². The highest BCUT2D eigenvalue weighted by Gasteiger charge is 2.15. The van der Waals surface area contributed by atoms with Crippen molar-refractivity contribution in [2.75, 3.05) is 6.61 Å². The number of benzene rings is 1. The average molecular weight is 233 g/mol. The van der Waals surface area contributed by atoms with Gasteiger partial charge < -0.3 is 4.74 Å². The minimum absolute atomic E-state index is 0.316. The lowest BCUT2D eigenvalue weighted by Gasteiger charge is -2.10. The van der Waals surface area contributed by atoms with Gasteiger partial charge in [0.2, 0.25) is 0 Å². The van der Waals surface area contributed by atoms with Crippen molar-refractivity contribution in [1.82, 2.24) is 0 Å². The predicted molar refractivity (Wildman–Crippen MR) is 62.7 cm³/mol. The molecule has 0 aliphatic heterocycles. The largest absolute Gasteiger partial charge is 0.376 e. The zero-order valence-electron chi connectivity index (χ0n) is 9.79. The van der Waals surface area contributed by atoms with E-state index in [-0.39, 0.29) is 5.82 Å². The van der Waals surface area contributed by atoms with E-state index in [1.54, 1.807) is 0 Å². The minimum atomic E-state index is -0.316. The van der Waals surface area contributed by atoms with Gasteiger partial charge in [0.15, 0.2) is 0 Å². The van der Waals surface area contributed by atoms with Crippen LogP contribution in [-0.2, 0) is 11.3 Å². The summed E-state index contributed by atoms with van der Waals surface area (Å²) < 4.78 is 18.6. The molecule has 2 rings (SSSR count). The molecule has 0 N–H and O–H groups in total. The van der Waals surface area contributed by atoms with Crippen LogP contribution in [0.2, 0.25) is 0 Å². The summed E-state index contributed by atoms with van der Waals surface area (Å²) in [7, 11) is 0. The number of ether oxygens (including phenoxy) is 1. The number of nitrogens with zero attached hydrogens (tertiary/aromatic N) is 1. The lowest BCUT2D eigenvalue weighted by atomic mass is 10.1. The first-order valence-corrected chi connectivity index (χ1v) is 6.06. The smallest absolute Gasteiger partial charge is 0.123 e.